The van der Waals surface area contributed by atoms with Crippen LogP contribution in [0.1, 0.15) is 5.56 Å². The van der Waals surface area contributed by atoms with E-state index in [4.69, 9.17) is 17.3 Å². The number of rotatable bonds is 2. The van der Waals surface area contributed by atoms with Crippen LogP contribution in [0.4, 0.5) is 14.7 Å². The van der Waals surface area contributed by atoms with E-state index in [1.807, 2.05) is 0 Å². The first-order chi connectivity index (χ1) is 9.56. The van der Waals surface area contributed by atoms with E-state index in [0.717, 1.165) is 0 Å². The topological polar surface area (TPSA) is 43.8 Å². The minimum absolute atomic E-state index is 0.0203. The zero-order chi connectivity index (χ0) is 14.3. The van der Waals surface area contributed by atoms with Crippen molar-refractivity contribution >= 4 is 28.6 Å². The number of hydrogen-bond donors (Lipinski definition) is 1. The van der Waals surface area contributed by atoms with Gasteiger partial charge in [-0.15, -0.1) is 0 Å². The van der Waals surface area contributed by atoms with E-state index in [1.165, 1.54) is 18.2 Å². The van der Waals surface area contributed by atoms with E-state index in [9.17, 15) is 8.78 Å². The first kappa shape index (κ1) is 12.9. The fourth-order valence-electron chi connectivity index (χ4n) is 2.10. The van der Waals surface area contributed by atoms with E-state index in [2.05, 4.69) is 4.98 Å². The normalized spacial score (nSPS) is 11.2. The van der Waals surface area contributed by atoms with Gasteiger partial charge in [-0.25, -0.2) is 13.8 Å². The van der Waals surface area contributed by atoms with Gasteiger partial charge >= 0.3 is 0 Å². The molecule has 3 aromatic rings. The van der Waals surface area contributed by atoms with Gasteiger partial charge in [0.1, 0.15) is 11.6 Å². The van der Waals surface area contributed by atoms with Gasteiger partial charge in [-0.3, -0.25) is 0 Å². The van der Waals surface area contributed by atoms with E-state index in [1.54, 1.807) is 22.8 Å². The lowest BCUT2D eigenvalue weighted by atomic mass is 10.2. The molecule has 2 N–H and O–H groups in total. The molecule has 3 rings (SSSR count). The van der Waals surface area contributed by atoms with Gasteiger partial charge in [0.25, 0.3) is 0 Å². The summed E-state index contributed by atoms with van der Waals surface area (Å²) >= 11 is 5.71. The molecule has 1 aromatic heterocycles. The Bertz CT molecular complexity index is 798. The predicted molar refractivity (Wildman–Crippen MR) is 74.6 cm³/mol. The third-order valence-corrected chi connectivity index (χ3v) is 3.40. The van der Waals surface area contributed by atoms with Crippen LogP contribution in [0.15, 0.2) is 36.4 Å². The molecule has 6 heteroatoms. The molecule has 0 fully saturated rings. The first-order valence-corrected chi connectivity index (χ1v) is 6.28. The summed E-state index contributed by atoms with van der Waals surface area (Å²) in [6, 6.07) is 9.00. The monoisotopic (exact) mass is 293 g/mol. The SMILES string of the molecule is Nc1nc2cc(Cl)c(F)cc2n1Cc1ccccc1F. The molecule has 0 radical (unpaired) electrons. The summed E-state index contributed by atoms with van der Waals surface area (Å²) in [5, 5.41) is -0.0203. The van der Waals surface area contributed by atoms with Crippen LogP contribution in [-0.2, 0) is 6.54 Å². The molecular formula is C14H10ClF2N3. The lowest BCUT2D eigenvalue weighted by molar-refractivity contribution is 0.602. The molecule has 3 nitrogen and oxygen atoms in total. The molecular weight excluding hydrogens is 284 g/mol. The summed E-state index contributed by atoms with van der Waals surface area (Å²) in [4.78, 5) is 4.11. The summed E-state index contributed by atoms with van der Waals surface area (Å²) in [6.45, 7) is 0.177. The van der Waals surface area contributed by atoms with Crippen LogP contribution < -0.4 is 5.73 Å². The van der Waals surface area contributed by atoms with Crippen molar-refractivity contribution in [3.05, 3.63) is 58.6 Å². The Kier molecular flexibility index (Phi) is 3.06. The molecule has 102 valence electrons. The van der Waals surface area contributed by atoms with Crippen LogP contribution in [0.5, 0.6) is 0 Å². The number of aromatic nitrogens is 2. The van der Waals surface area contributed by atoms with Crippen molar-refractivity contribution in [3.8, 4) is 0 Å². The van der Waals surface area contributed by atoms with Crippen LogP contribution in [0.2, 0.25) is 5.02 Å². The lowest BCUT2D eigenvalue weighted by Crippen LogP contribution is -2.06. The molecule has 0 saturated carbocycles. The number of anilines is 1. The summed E-state index contributed by atoms with van der Waals surface area (Å²) in [7, 11) is 0. The van der Waals surface area contributed by atoms with Crippen molar-refractivity contribution in [1.29, 1.82) is 0 Å². The van der Waals surface area contributed by atoms with Crippen molar-refractivity contribution in [2.24, 2.45) is 0 Å². The fourth-order valence-corrected chi connectivity index (χ4v) is 2.26. The van der Waals surface area contributed by atoms with Crippen molar-refractivity contribution in [2.45, 2.75) is 6.54 Å². The quantitative estimate of drug-likeness (QED) is 0.784. The summed E-state index contributed by atoms with van der Waals surface area (Å²) in [5.41, 5.74) is 7.22. The third-order valence-electron chi connectivity index (χ3n) is 3.11. The number of nitrogens with zero attached hydrogens (tertiary/aromatic N) is 2. The van der Waals surface area contributed by atoms with E-state index in [-0.39, 0.29) is 23.3 Å². The highest BCUT2D eigenvalue weighted by Gasteiger charge is 2.13. The van der Waals surface area contributed by atoms with Gasteiger partial charge in [-0.2, -0.15) is 0 Å². The van der Waals surface area contributed by atoms with Gasteiger partial charge in [-0.1, -0.05) is 29.8 Å². The van der Waals surface area contributed by atoms with Crippen LogP contribution >= 0.6 is 11.6 Å². The Hall–Kier alpha value is -2.14. The second-order valence-corrected chi connectivity index (χ2v) is 4.81. The minimum atomic E-state index is -0.561. The summed E-state index contributed by atoms with van der Waals surface area (Å²) in [5.74, 6) is -0.720. The molecule has 0 unspecified atom stereocenters. The number of nitrogen functional groups attached to an aromatic ring is 1. The molecule has 2 aromatic carbocycles. The van der Waals surface area contributed by atoms with Crippen molar-refractivity contribution in [2.75, 3.05) is 5.73 Å². The Labute approximate surface area is 118 Å². The van der Waals surface area contributed by atoms with E-state index >= 15 is 0 Å². The maximum absolute atomic E-state index is 13.7. The average molecular weight is 294 g/mol. The Balaban J connectivity index is 2.14. The molecule has 0 aliphatic carbocycles. The second-order valence-electron chi connectivity index (χ2n) is 4.40. The highest BCUT2D eigenvalue weighted by atomic mass is 35.5. The minimum Gasteiger partial charge on any atom is -0.369 e. The molecule has 0 atom stereocenters. The fraction of sp³-hybridized carbons (Fsp3) is 0.0714. The molecule has 0 spiro atoms. The largest absolute Gasteiger partial charge is 0.369 e. The Morgan fingerprint density at radius 1 is 1.15 bits per heavy atom. The number of benzene rings is 2. The molecule has 0 amide bonds. The van der Waals surface area contributed by atoms with Crippen LogP contribution in [0.25, 0.3) is 11.0 Å². The van der Waals surface area contributed by atoms with E-state index in [0.29, 0.717) is 16.6 Å². The maximum Gasteiger partial charge on any atom is 0.201 e. The predicted octanol–water partition coefficient (Wildman–Crippen LogP) is 3.60. The summed E-state index contributed by atoms with van der Waals surface area (Å²) < 4.78 is 28.8. The van der Waals surface area contributed by atoms with Crippen LogP contribution in [-0.4, -0.2) is 9.55 Å². The van der Waals surface area contributed by atoms with Crippen molar-refractivity contribution < 1.29 is 8.78 Å². The Morgan fingerprint density at radius 2 is 1.90 bits per heavy atom. The third kappa shape index (κ3) is 2.10. The average Bonchev–Trinajstić information content (AvgIpc) is 2.69. The zero-order valence-electron chi connectivity index (χ0n) is 10.3. The number of fused-ring (bicyclic) bond motifs is 1. The Morgan fingerprint density at radius 3 is 2.65 bits per heavy atom. The highest BCUT2D eigenvalue weighted by molar-refractivity contribution is 6.31. The highest BCUT2D eigenvalue weighted by Crippen LogP contribution is 2.25. The van der Waals surface area contributed by atoms with Crippen molar-refractivity contribution in [1.82, 2.24) is 9.55 Å². The zero-order valence-corrected chi connectivity index (χ0v) is 11.0. The van der Waals surface area contributed by atoms with Gasteiger partial charge in [0.05, 0.1) is 22.6 Å². The van der Waals surface area contributed by atoms with Gasteiger partial charge in [0.2, 0.25) is 5.95 Å². The lowest BCUT2D eigenvalue weighted by Gasteiger charge is -2.07. The molecule has 0 aliphatic heterocycles. The molecule has 0 aliphatic rings. The number of halogens is 3. The molecule has 0 saturated heterocycles. The van der Waals surface area contributed by atoms with Crippen molar-refractivity contribution in [3.63, 3.8) is 0 Å². The standard InChI is InChI=1S/C14H10ClF2N3/c15-9-5-12-13(6-11(9)17)20(14(18)19-12)7-8-3-1-2-4-10(8)16/h1-6H,7H2,(H2,18,19). The van der Waals surface area contributed by atoms with Gasteiger partial charge in [0.15, 0.2) is 0 Å². The molecule has 1 heterocycles. The summed E-state index contributed by atoms with van der Waals surface area (Å²) in [6.07, 6.45) is 0. The number of hydrogen-bond acceptors (Lipinski definition) is 2. The number of imidazole rings is 1. The second kappa shape index (κ2) is 4.76. The number of nitrogens with two attached hydrogens (primary N) is 1. The smallest absolute Gasteiger partial charge is 0.201 e. The van der Waals surface area contributed by atoms with Gasteiger partial charge in [0, 0.05) is 11.6 Å². The van der Waals surface area contributed by atoms with Crippen LogP contribution in [0, 0.1) is 11.6 Å². The van der Waals surface area contributed by atoms with Crippen LogP contribution in [0.3, 0.4) is 0 Å². The molecule has 20 heavy (non-hydrogen) atoms. The van der Waals surface area contributed by atoms with Gasteiger partial charge in [-0.05, 0) is 12.1 Å². The first-order valence-electron chi connectivity index (χ1n) is 5.90. The maximum atomic E-state index is 13.7. The van der Waals surface area contributed by atoms with Gasteiger partial charge < -0.3 is 10.3 Å². The molecule has 0 bridgehead atoms. The van der Waals surface area contributed by atoms with E-state index < -0.39 is 5.82 Å².